The summed E-state index contributed by atoms with van der Waals surface area (Å²) < 4.78 is 90.6. The van der Waals surface area contributed by atoms with Gasteiger partial charge in [0.1, 0.15) is 4.90 Å². The maximum atomic E-state index is 13.6. The molecule has 0 unspecified atom stereocenters. The van der Waals surface area contributed by atoms with Crippen molar-refractivity contribution in [2.45, 2.75) is 10.6 Å². The molecule has 0 aliphatic heterocycles. The maximum absolute atomic E-state index is 13.6. The second kappa shape index (κ2) is 6.15. The standard InChI is InChI=1S/C14H10F5NO2S/c1-20-8-4-2-7(3-5-8)6-23(21,22)14-12(18)10(16)9(15)11(17)13(14)19/h2-5,20H,6H2,1H3. The average Bonchev–Trinajstić information content (AvgIpc) is 2.51. The van der Waals surface area contributed by atoms with E-state index in [1.165, 1.54) is 24.3 Å². The highest BCUT2D eigenvalue weighted by molar-refractivity contribution is 7.90. The van der Waals surface area contributed by atoms with Crippen LogP contribution in [0.1, 0.15) is 5.56 Å². The van der Waals surface area contributed by atoms with Crippen LogP contribution < -0.4 is 5.32 Å². The highest BCUT2D eigenvalue weighted by Crippen LogP contribution is 2.29. The Labute approximate surface area is 128 Å². The van der Waals surface area contributed by atoms with E-state index in [1.54, 1.807) is 7.05 Å². The second-order valence-electron chi connectivity index (χ2n) is 4.61. The summed E-state index contributed by atoms with van der Waals surface area (Å²) >= 11 is 0. The Morgan fingerprint density at radius 2 is 1.26 bits per heavy atom. The van der Waals surface area contributed by atoms with Gasteiger partial charge < -0.3 is 5.32 Å². The fourth-order valence-electron chi connectivity index (χ4n) is 1.92. The molecule has 124 valence electrons. The van der Waals surface area contributed by atoms with Gasteiger partial charge in [-0.1, -0.05) is 12.1 Å². The summed E-state index contributed by atoms with van der Waals surface area (Å²) in [5, 5.41) is 2.78. The number of halogens is 5. The quantitative estimate of drug-likeness (QED) is 0.397. The van der Waals surface area contributed by atoms with E-state index in [-0.39, 0.29) is 5.56 Å². The number of hydrogen-bond donors (Lipinski definition) is 1. The zero-order valence-electron chi connectivity index (χ0n) is 11.6. The lowest BCUT2D eigenvalue weighted by Crippen LogP contribution is -2.14. The maximum Gasteiger partial charge on any atom is 0.200 e. The zero-order valence-corrected chi connectivity index (χ0v) is 12.4. The van der Waals surface area contributed by atoms with Crippen LogP contribution in [0.25, 0.3) is 0 Å². The Kier molecular flexibility index (Phi) is 4.60. The molecule has 0 heterocycles. The van der Waals surface area contributed by atoms with Gasteiger partial charge in [0.05, 0.1) is 5.75 Å². The van der Waals surface area contributed by atoms with Crippen molar-refractivity contribution < 1.29 is 30.4 Å². The van der Waals surface area contributed by atoms with Crippen LogP contribution in [0.2, 0.25) is 0 Å². The minimum Gasteiger partial charge on any atom is -0.388 e. The number of benzene rings is 2. The highest BCUT2D eigenvalue weighted by Gasteiger charge is 2.33. The van der Waals surface area contributed by atoms with Gasteiger partial charge in [-0.3, -0.25) is 0 Å². The molecule has 0 spiro atoms. The molecule has 23 heavy (non-hydrogen) atoms. The van der Waals surface area contributed by atoms with E-state index in [9.17, 15) is 30.4 Å². The van der Waals surface area contributed by atoms with E-state index in [1.807, 2.05) is 0 Å². The SMILES string of the molecule is CNc1ccc(CS(=O)(=O)c2c(F)c(F)c(F)c(F)c2F)cc1. The molecule has 2 aromatic rings. The number of hydrogen-bond acceptors (Lipinski definition) is 3. The van der Waals surface area contributed by atoms with Crippen molar-refractivity contribution in [1.29, 1.82) is 0 Å². The molecule has 0 saturated carbocycles. The lowest BCUT2D eigenvalue weighted by molar-refractivity contribution is 0.357. The molecule has 0 saturated heterocycles. The van der Waals surface area contributed by atoms with Crippen LogP contribution >= 0.6 is 0 Å². The number of sulfone groups is 1. The number of rotatable bonds is 4. The highest BCUT2D eigenvalue weighted by atomic mass is 32.2. The molecule has 0 amide bonds. The normalized spacial score (nSPS) is 11.6. The predicted octanol–water partition coefficient (Wildman–Crippen LogP) is 3.40. The lowest BCUT2D eigenvalue weighted by atomic mass is 10.2. The first-order chi connectivity index (χ1) is 10.7. The Morgan fingerprint density at radius 1 is 0.826 bits per heavy atom. The van der Waals surface area contributed by atoms with E-state index in [0.717, 1.165) is 0 Å². The number of anilines is 1. The molecular formula is C14H10F5NO2S. The Hall–Kier alpha value is -2.16. The van der Waals surface area contributed by atoms with Crippen molar-refractivity contribution in [3.8, 4) is 0 Å². The summed E-state index contributed by atoms with van der Waals surface area (Å²) in [5.74, 6) is -12.6. The first-order valence-corrected chi connectivity index (χ1v) is 7.85. The molecule has 2 aromatic carbocycles. The smallest absolute Gasteiger partial charge is 0.200 e. The molecule has 0 bridgehead atoms. The van der Waals surface area contributed by atoms with Crippen molar-refractivity contribution in [2.75, 3.05) is 12.4 Å². The minimum atomic E-state index is -4.77. The molecule has 1 N–H and O–H groups in total. The third kappa shape index (κ3) is 3.14. The van der Waals surface area contributed by atoms with Gasteiger partial charge in [0.25, 0.3) is 0 Å². The molecule has 0 radical (unpaired) electrons. The van der Waals surface area contributed by atoms with E-state index < -0.39 is 49.6 Å². The van der Waals surface area contributed by atoms with Gasteiger partial charge in [-0.05, 0) is 17.7 Å². The van der Waals surface area contributed by atoms with Crippen LogP contribution in [0.3, 0.4) is 0 Å². The number of nitrogens with one attached hydrogen (secondary N) is 1. The molecule has 2 rings (SSSR count). The summed E-state index contributed by atoms with van der Waals surface area (Å²) in [6, 6.07) is 5.72. The van der Waals surface area contributed by atoms with Crippen molar-refractivity contribution in [3.05, 3.63) is 58.9 Å². The molecule has 0 fully saturated rings. The van der Waals surface area contributed by atoms with Crippen LogP contribution in [0.15, 0.2) is 29.2 Å². The van der Waals surface area contributed by atoms with Crippen LogP contribution in [-0.4, -0.2) is 15.5 Å². The van der Waals surface area contributed by atoms with Gasteiger partial charge in [0.15, 0.2) is 33.1 Å². The molecule has 0 aliphatic carbocycles. The van der Waals surface area contributed by atoms with Gasteiger partial charge in [0, 0.05) is 12.7 Å². The second-order valence-corrected chi connectivity index (χ2v) is 6.53. The van der Waals surface area contributed by atoms with Gasteiger partial charge >= 0.3 is 0 Å². The first-order valence-electron chi connectivity index (χ1n) is 6.20. The summed E-state index contributed by atoms with van der Waals surface area (Å²) in [7, 11) is -3.15. The lowest BCUT2D eigenvalue weighted by Gasteiger charge is -2.10. The van der Waals surface area contributed by atoms with Crippen LogP contribution in [0, 0.1) is 29.1 Å². The summed E-state index contributed by atoms with van der Waals surface area (Å²) in [6.07, 6.45) is 0. The molecule has 0 aliphatic rings. The van der Waals surface area contributed by atoms with E-state index in [4.69, 9.17) is 0 Å². The Morgan fingerprint density at radius 3 is 1.70 bits per heavy atom. The monoisotopic (exact) mass is 351 g/mol. The third-order valence-corrected chi connectivity index (χ3v) is 4.77. The van der Waals surface area contributed by atoms with Gasteiger partial charge in [-0.15, -0.1) is 0 Å². The van der Waals surface area contributed by atoms with Crippen molar-refractivity contribution >= 4 is 15.5 Å². The van der Waals surface area contributed by atoms with Gasteiger partial charge in [0.2, 0.25) is 5.82 Å². The van der Waals surface area contributed by atoms with Crippen LogP contribution in [0.5, 0.6) is 0 Å². The molecule has 0 aromatic heterocycles. The molecule has 0 atom stereocenters. The molecule has 9 heteroatoms. The summed E-state index contributed by atoms with van der Waals surface area (Å²) in [5.41, 5.74) is 0.787. The first kappa shape index (κ1) is 17.2. The zero-order chi connectivity index (χ0) is 17.4. The van der Waals surface area contributed by atoms with Crippen molar-refractivity contribution in [1.82, 2.24) is 0 Å². The van der Waals surface area contributed by atoms with Crippen molar-refractivity contribution in [3.63, 3.8) is 0 Å². The Bertz CT molecular complexity index is 821. The summed E-state index contributed by atoms with van der Waals surface area (Å²) in [6.45, 7) is 0. The van der Waals surface area contributed by atoms with E-state index in [0.29, 0.717) is 5.69 Å². The predicted molar refractivity (Wildman–Crippen MR) is 73.1 cm³/mol. The van der Waals surface area contributed by atoms with E-state index in [2.05, 4.69) is 5.32 Å². The van der Waals surface area contributed by atoms with Crippen LogP contribution in [0.4, 0.5) is 27.6 Å². The third-order valence-electron chi connectivity index (χ3n) is 3.08. The fourth-order valence-corrected chi connectivity index (χ4v) is 3.42. The Balaban J connectivity index is 2.51. The largest absolute Gasteiger partial charge is 0.388 e. The molecular weight excluding hydrogens is 341 g/mol. The molecule has 3 nitrogen and oxygen atoms in total. The minimum absolute atomic E-state index is 0.132. The van der Waals surface area contributed by atoms with Crippen LogP contribution in [-0.2, 0) is 15.6 Å². The summed E-state index contributed by atoms with van der Waals surface area (Å²) in [4.78, 5) is -1.83. The van der Waals surface area contributed by atoms with Gasteiger partial charge in [-0.2, -0.15) is 0 Å². The average molecular weight is 351 g/mol. The van der Waals surface area contributed by atoms with E-state index >= 15 is 0 Å². The topological polar surface area (TPSA) is 46.2 Å². The van der Waals surface area contributed by atoms with Gasteiger partial charge in [-0.25, -0.2) is 30.4 Å². The fraction of sp³-hybridized carbons (Fsp3) is 0.143. The van der Waals surface area contributed by atoms with Crippen molar-refractivity contribution in [2.24, 2.45) is 0 Å².